The average molecular weight is 424 g/mol. The van der Waals surface area contributed by atoms with Crippen molar-refractivity contribution in [1.29, 1.82) is 0 Å². The van der Waals surface area contributed by atoms with Crippen molar-refractivity contribution in [3.63, 3.8) is 0 Å². The van der Waals surface area contributed by atoms with Crippen molar-refractivity contribution in [1.82, 2.24) is 9.99 Å². The Bertz CT molecular complexity index is 1020. The summed E-state index contributed by atoms with van der Waals surface area (Å²) in [6, 6.07) is 18.6. The van der Waals surface area contributed by atoms with Crippen molar-refractivity contribution in [2.75, 3.05) is 0 Å². The van der Waals surface area contributed by atoms with Gasteiger partial charge in [0.1, 0.15) is 5.56 Å². The summed E-state index contributed by atoms with van der Waals surface area (Å²) in [5.74, 6) is -0.536. The minimum absolute atomic E-state index is 0.0533. The number of hydrogen-bond acceptors (Lipinski definition) is 3. The minimum Gasteiger partial charge on any atom is -0.310 e. The van der Waals surface area contributed by atoms with E-state index in [1.807, 2.05) is 55.5 Å². The maximum Gasteiger partial charge on any atom is 0.276 e. The number of carbonyl (C=O) groups is 1. The van der Waals surface area contributed by atoms with Crippen LogP contribution in [-0.2, 0) is 6.54 Å². The van der Waals surface area contributed by atoms with Gasteiger partial charge in [0.2, 0.25) is 0 Å². The molecule has 27 heavy (non-hydrogen) atoms. The molecule has 0 bridgehead atoms. The normalized spacial score (nSPS) is 10.9. The van der Waals surface area contributed by atoms with Crippen LogP contribution in [0, 0.1) is 6.92 Å². The molecule has 0 aliphatic heterocycles. The Balaban J connectivity index is 1.72. The molecular formula is C21H18BrN3O2. The van der Waals surface area contributed by atoms with Gasteiger partial charge in [0.25, 0.3) is 11.5 Å². The number of nitrogens with zero attached hydrogens (tertiary/aromatic N) is 2. The first-order chi connectivity index (χ1) is 13.0. The highest BCUT2D eigenvalue weighted by Crippen LogP contribution is 2.09. The Hall–Kier alpha value is -2.99. The number of amides is 1. The molecule has 3 rings (SSSR count). The summed E-state index contributed by atoms with van der Waals surface area (Å²) in [5.41, 5.74) is 5.09. The number of aromatic nitrogens is 1. The van der Waals surface area contributed by atoms with Gasteiger partial charge in [0.05, 0.1) is 12.8 Å². The van der Waals surface area contributed by atoms with E-state index < -0.39 is 5.91 Å². The predicted octanol–water partition coefficient (Wildman–Crippen LogP) is 3.73. The molecule has 0 atom stereocenters. The second kappa shape index (κ2) is 8.60. The zero-order valence-electron chi connectivity index (χ0n) is 14.7. The summed E-state index contributed by atoms with van der Waals surface area (Å²) in [7, 11) is 0. The van der Waals surface area contributed by atoms with E-state index in [2.05, 4.69) is 26.5 Å². The van der Waals surface area contributed by atoms with Gasteiger partial charge in [-0.1, -0.05) is 57.9 Å². The lowest BCUT2D eigenvalue weighted by atomic mass is 10.1. The molecule has 5 nitrogen and oxygen atoms in total. The number of hydrazone groups is 1. The lowest BCUT2D eigenvalue weighted by Crippen LogP contribution is -2.30. The molecule has 0 aliphatic rings. The maximum absolute atomic E-state index is 12.6. The molecule has 1 aromatic heterocycles. The Kier molecular flexibility index (Phi) is 5.98. The molecule has 1 N–H and O–H groups in total. The summed E-state index contributed by atoms with van der Waals surface area (Å²) >= 11 is 3.36. The summed E-state index contributed by atoms with van der Waals surface area (Å²) in [6.07, 6.45) is 3.20. The van der Waals surface area contributed by atoms with Gasteiger partial charge in [-0.3, -0.25) is 9.59 Å². The van der Waals surface area contributed by atoms with Gasteiger partial charge in [0, 0.05) is 10.7 Å². The number of rotatable bonds is 5. The Morgan fingerprint density at radius 3 is 2.52 bits per heavy atom. The third-order valence-corrected chi connectivity index (χ3v) is 4.52. The first kappa shape index (κ1) is 18.8. The molecule has 1 amide bonds. The molecule has 0 spiro atoms. The van der Waals surface area contributed by atoms with E-state index in [0.717, 1.165) is 21.2 Å². The van der Waals surface area contributed by atoms with Crippen molar-refractivity contribution in [2.24, 2.45) is 5.10 Å². The van der Waals surface area contributed by atoms with Gasteiger partial charge in [0.15, 0.2) is 0 Å². The molecule has 1 heterocycles. The molecule has 0 saturated carbocycles. The highest BCUT2D eigenvalue weighted by Gasteiger charge is 2.11. The predicted molar refractivity (Wildman–Crippen MR) is 110 cm³/mol. The van der Waals surface area contributed by atoms with Crippen LogP contribution >= 0.6 is 15.9 Å². The van der Waals surface area contributed by atoms with Gasteiger partial charge >= 0.3 is 0 Å². The summed E-state index contributed by atoms with van der Waals surface area (Å²) in [4.78, 5) is 24.9. The van der Waals surface area contributed by atoms with Gasteiger partial charge in [-0.2, -0.15) is 5.10 Å². The SMILES string of the molecule is Cc1ccc(Cn2cccc(C(=O)N/N=C\c3ccc(Br)cc3)c2=O)cc1. The third-order valence-electron chi connectivity index (χ3n) is 3.99. The van der Waals surface area contributed by atoms with Gasteiger partial charge in [-0.25, -0.2) is 5.43 Å². The molecular weight excluding hydrogens is 406 g/mol. The lowest BCUT2D eigenvalue weighted by Gasteiger charge is -2.08. The Labute approximate surface area is 165 Å². The standard InChI is InChI=1S/C21H18BrN3O2/c1-15-4-6-17(7-5-15)14-25-12-2-3-19(21(25)27)20(26)24-23-13-16-8-10-18(22)11-9-16/h2-13H,14H2,1H3,(H,24,26)/b23-13-. The fourth-order valence-corrected chi connectivity index (χ4v) is 2.76. The maximum atomic E-state index is 12.6. The van der Waals surface area contributed by atoms with Crippen molar-refractivity contribution < 1.29 is 4.79 Å². The second-order valence-electron chi connectivity index (χ2n) is 6.09. The molecule has 136 valence electrons. The van der Waals surface area contributed by atoms with Crippen molar-refractivity contribution in [3.05, 3.63) is 104 Å². The van der Waals surface area contributed by atoms with Crippen LogP contribution in [0.3, 0.4) is 0 Å². The second-order valence-corrected chi connectivity index (χ2v) is 7.01. The molecule has 0 fully saturated rings. The van der Waals surface area contributed by atoms with Crippen molar-refractivity contribution in [3.8, 4) is 0 Å². The number of nitrogens with one attached hydrogen (secondary N) is 1. The van der Waals surface area contributed by atoms with Crippen LogP contribution in [0.5, 0.6) is 0 Å². The lowest BCUT2D eigenvalue weighted by molar-refractivity contribution is 0.0953. The van der Waals surface area contributed by atoms with Crippen LogP contribution in [0.15, 0.2) is 81.2 Å². The van der Waals surface area contributed by atoms with E-state index in [4.69, 9.17) is 0 Å². The molecule has 3 aromatic rings. The van der Waals surface area contributed by atoms with Crippen LogP contribution in [0.2, 0.25) is 0 Å². The first-order valence-corrected chi connectivity index (χ1v) is 9.16. The van der Waals surface area contributed by atoms with Crippen LogP contribution in [0.4, 0.5) is 0 Å². The van der Waals surface area contributed by atoms with Crippen LogP contribution in [0.25, 0.3) is 0 Å². The molecule has 0 aliphatic carbocycles. The van der Waals surface area contributed by atoms with E-state index in [9.17, 15) is 9.59 Å². The van der Waals surface area contributed by atoms with Gasteiger partial charge in [-0.15, -0.1) is 0 Å². The van der Waals surface area contributed by atoms with Crippen molar-refractivity contribution >= 4 is 28.1 Å². The Morgan fingerprint density at radius 1 is 1.11 bits per heavy atom. The molecule has 6 heteroatoms. The smallest absolute Gasteiger partial charge is 0.276 e. The van der Waals surface area contributed by atoms with Crippen LogP contribution in [0.1, 0.15) is 27.0 Å². The van der Waals surface area contributed by atoms with E-state index in [1.165, 1.54) is 16.8 Å². The van der Waals surface area contributed by atoms with Gasteiger partial charge < -0.3 is 4.57 Å². The fourth-order valence-electron chi connectivity index (χ4n) is 2.50. The molecule has 2 aromatic carbocycles. The van der Waals surface area contributed by atoms with Crippen molar-refractivity contribution in [2.45, 2.75) is 13.5 Å². The summed E-state index contributed by atoms with van der Waals surface area (Å²) in [6.45, 7) is 2.41. The van der Waals surface area contributed by atoms with E-state index in [1.54, 1.807) is 12.3 Å². The Morgan fingerprint density at radius 2 is 1.81 bits per heavy atom. The summed E-state index contributed by atoms with van der Waals surface area (Å²) < 4.78 is 2.47. The average Bonchev–Trinajstić information content (AvgIpc) is 2.66. The zero-order valence-corrected chi connectivity index (χ0v) is 16.3. The highest BCUT2D eigenvalue weighted by atomic mass is 79.9. The van der Waals surface area contributed by atoms with E-state index in [-0.39, 0.29) is 11.1 Å². The number of hydrogen-bond donors (Lipinski definition) is 1. The van der Waals surface area contributed by atoms with E-state index >= 15 is 0 Å². The minimum atomic E-state index is -0.536. The number of benzene rings is 2. The number of carbonyl (C=O) groups excluding carboxylic acids is 1. The number of halogens is 1. The number of aryl methyl sites for hydroxylation is 1. The molecule has 0 saturated heterocycles. The molecule has 0 radical (unpaired) electrons. The van der Waals surface area contributed by atoms with Crippen LogP contribution < -0.4 is 11.0 Å². The quantitative estimate of drug-likeness (QED) is 0.501. The topological polar surface area (TPSA) is 63.5 Å². The fraction of sp³-hybridized carbons (Fsp3) is 0.0952. The third kappa shape index (κ3) is 5.01. The zero-order chi connectivity index (χ0) is 19.2. The first-order valence-electron chi connectivity index (χ1n) is 8.37. The van der Waals surface area contributed by atoms with E-state index in [0.29, 0.717) is 6.54 Å². The number of pyridine rings is 1. The largest absolute Gasteiger partial charge is 0.310 e. The highest BCUT2D eigenvalue weighted by molar-refractivity contribution is 9.10. The summed E-state index contributed by atoms with van der Waals surface area (Å²) in [5, 5.41) is 3.92. The monoisotopic (exact) mass is 423 g/mol. The molecule has 0 unspecified atom stereocenters. The van der Waals surface area contributed by atoms with Gasteiger partial charge in [-0.05, 0) is 42.3 Å². The van der Waals surface area contributed by atoms with Crippen LogP contribution in [-0.4, -0.2) is 16.7 Å².